The van der Waals surface area contributed by atoms with E-state index in [2.05, 4.69) is 5.16 Å². The van der Waals surface area contributed by atoms with Crippen LogP contribution in [0.1, 0.15) is 11.5 Å². The Hall–Kier alpha value is -1.59. The molecule has 0 bridgehead atoms. The lowest BCUT2D eigenvalue weighted by Gasteiger charge is -2.02. The van der Waals surface area contributed by atoms with Crippen molar-refractivity contribution in [2.75, 3.05) is 0 Å². The lowest BCUT2D eigenvalue weighted by molar-refractivity contribution is 0.393. The second-order valence-electron chi connectivity index (χ2n) is 3.69. The van der Waals surface area contributed by atoms with Gasteiger partial charge in [-0.1, -0.05) is 29.4 Å². The summed E-state index contributed by atoms with van der Waals surface area (Å²) in [7, 11) is -1.43. The van der Waals surface area contributed by atoms with Gasteiger partial charge in [0.15, 0.2) is 0 Å². The number of nitrogens with zero attached hydrogens (tertiary/aromatic N) is 1. The summed E-state index contributed by atoms with van der Waals surface area (Å²) < 4.78 is 5.08. The molecular formula is C11H12BNO3. The van der Waals surface area contributed by atoms with Crippen molar-refractivity contribution in [3.8, 4) is 11.1 Å². The summed E-state index contributed by atoms with van der Waals surface area (Å²) in [6, 6.07) is 6.99. The molecule has 0 spiro atoms. The monoisotopic (exact) mass is 217 g/mol. The van der Waals surface area contributed by atoms with Crippen LogP contribution in [0.5, 0.6) is 0 Å². The minimum absolute atomic E-state index is 0.468. The molecule has 0 aliphatic heterocycles. The summed E-state index contributed by atoms with van der Waals surface area (Å²) in [5.41, 5.74) is 3.21. The first-order valence-electron chi connectivity index (χ1n) is 4.99. The highest BCUT2D eigenvalue weighted by atomic mass is 16.5. The van der Waals surface area contributed by atoms with Crippen molar-refractivity contribution in [2.24, 2.45) is 0 Å². The van der Waals surface area contributed by atoms with Gasteiger partial charge in [-0.05, 0) is 24.9 Å². The van der Waals surface area contributed by atoms with Crippen LogP contribution in [-0.4, -0.2) is 22.3 Å². The first-order chi connectivity index (χ1) is 7.59. The molecular weight excluding hydrogens is 205 g/mol. The molecule has 2 rings (SSSR count). The van der Waals surface area contributed by atoms with Crippen LogP contribution in [0.2, 0.25) is 0 Å². The summed E-state index contributed by atoms with van der Waals surface area (Å²) in [6.45, 7) is 3.73. The second kappa shape index (κ2) is 4.12. The number of rotatable bonds is 2. The quantitative estimate of drug-likeness (QED) is 0.724. The van der Waals surface area contributed by atoms with E-state index in [1.165, 1.54) is 0 Å². The van der Waals surface area contributed by atoms with Crippen LogP contribution < -0.4 is 5.46 Å². The Morgan fingerprint density at radius 2 is 1.75 bits per heavy atom. The molecule has 1 aromatic carbocycles. The van der Waals surface area contributed by atoms with Crippen molar-refractivity contribution >= 4 is 12.6 Å². The van der Waals surface area contributed by atoms with Crippen LogP contribution in [-0.2, 0) is 0 Å². The van der Waals surface area contributed by atoms with E-state index in [0.29, 0.717) is 5.46 Å². The third-order valence-electron chi connectivity index (χ3n) is 2.53. The molecule has 0 radical (unpaired) electrons. The molecule has 0 unspecified atom stereocenters. The molecule has 0 amide bonds. The van der Waals surface area contributed by atoms with E-state index >= 15 is 0 Å². The fourth-order valence-electron chi connectivity index (χ4n) is 1.72. The summed E-state index contributed by atoms with van der Waals surface area (Å²) in [6.07, 6.45) is 0. The van der Waals surface area contributed by atoms with Crippen molar-refractivity contribution in [2.45, 2.75) is 13.8 Å². The van der Waals surface area contributed by atoms with Crippen LogP contribution in [0.25, 0.3) is 11.1 Å². The minimum Gasteiger partial charge on any atom is -0.423 e. The van der Waals surface area contributed by atoms with Gasteiger partial charge in [-0.3, -0.25) is 0 Å². The van der Waals surface area contributed by atoms with E-state index in [4.69, 9.17) is 14.6 Å². The van der Waals surface area contributed by atoms with Gasteiger partial charge in [-0.25, -0.2) is 0 Å². The van der Waals surface area contributed by atoms with Crippen LogP contribution in [0.4, 0.5) is 0 Å². The van der Waals surface area contributed by atoms with Crippen LogP contribution >= 0.6 is 0 Å². The topological polar surface area (TPSA) is 66.5 Å². The molecule has 0 aliphatic carbocycles. The summed E-state index contributed by atoms with van der Waals surface area (Å²) in [5.74, 6) is 0.759. The second-order valence-corrected chi connectivity index (χ2v) is 3.69. The lowest BCUT2D eigenvalue weighted by atomic mass is 9.80. The number of hydrogen-bond donors (Lipinski definition) is 2. The molecule has 0 saturated carbocycles. The number of aryl methyl sites for hydroxylation is 2. The molecule has 4 nitrogen and oxygen atoms in total. The Kier molecular flexibility index (Phi) is 2.81. The molecule has 1 aromatic heterocycles. The number of hydrogen-bond acceptors (Lipinski definition) is 4. The highest BCUT2D eigenvalue weighted by Gasteiger charge is 2.13. The summed E-state index contributed by atoms with van der Waals surface area (Å²) in [5, 5.41) is 21.8. The third kappa shape index (κ3) is 1.87. The zero-order valence-corrected chi connectivity index (χ0v) is 9.14. The van der Waals surface area contributed by atoms with Crippen molar-refractivity contribution in [1.82, 2.24) is 5.16 Å². The highest BCUT2D eigenvalue weighted by molar-refractivity contribution is 6.58. The van der Waals surface area contributed by atoms with E-state index in [-0.39, 0.29) is 0 Å². The van der Waals surface area contributed by atoms with Gasteiger partial charge in [-0.15, -0.1) is 0 Å². The maximum Gasteiger partial charge on any atom is 0.488 e. The molecule has 2 N–H and O–H groups in total. The lowest BCUT2D eigenvalue weighted by Crippen LogP contribution is -2.29. The Labute approximate surface area is 93.7 Å². The Morgan fingerprint density at radius 1 is 1.12 bits per heavy atom. The molecule has 2 aromatic rings. The molecule has 82 valence electrons. The van der Waals surface area contributed by atoms with Crippen LogP contribution in [0.15, 0.2) is 28.8 Å². The number of benzene rings is 1. The predicted octanol–water partition coefficient (Wildman–Crippen LogP) is 0.638. The maximum absolute atomic E-state index is 8.98. The van der Waals surface area contributed by atoms with E-state index in [1.807, 2.05) is 26.0 Å². The fraction of sp³-hybridized carbons (Fsp3) is 0.182. The SMILES string of the molecule is Cc1noc(C)c1-c1ccc(B(O)O)cc1. The van der Waals surface area contributed by atoms with Gasteiger partial charge in [0.2, 0.25) is 0 Å². The zero-order valence-electron chi connectivity index (χ0n) is 9.14. The Bertz CT molecular complexity index is 471. The first-order valence-corrected chi connectivity index (χ1v) is 4.99. The zero-order chi connectivity index (χ0) is 11.7. The van der Waals surface area contributed by atoms with Crippen molar-refractivity contribution in [1.29, 1.82) is 0 Å². The van der Waals surface area contributed by atoms with E-state index in [1.54, 1.807) is 12.1 Å². The van der Waals surface area contributed by atoms with Gasteiger partial charge in [0.1, 0.15) is 5.76 Å². The summed E-state index contributed by atoms with van der Waals surface area (Å²) >= 11 is 0. The highest BCUT2D eigenvalue weighted by Crippen LogP contribution is 2.25. The van der Waals surface area contributed by atoms with E-state index in [0.717, 1.165) is 22.6 Å². The van der Waals surface area contributed by atoms with Gasteiger partial charge in [0.25, 0.3) is 0 Å². The first kappa shape index (κ1) is 10.9. The smallest absolute Gasteiger partial charge is 0.423 e. The fourth-order valence-corrected chi connectivity index (χ4v) is 1.72. The maximum atomic E-state index is 8.98. The largest absolute Gasteiger partial charge is 0.488 e. The molecule has 0 saturated heterocycles. The molecule has 5 heteroatoms. The van der Waals surface area contributed by atoms with Gasteiger partial charge in [0, 0.05) is 5.56 Å². The van der Waals surface area contributed by atoms with E-state index < -0.39 is 7.12 Å². The average molecular weight is 217 g/mol. The van der Waals surface area contributed by atoms with Crippen LogP contribution in [0.3, 0.4) is 0 Å². The van der Waals surface area contributed by atoms with Gasteiger partial charge in [0.05, 0.1) is 5.69 Å². The number of aromatic nitrogens is 1. The molecule has 0 fully saturated rings. The molecule has 16 heavy (non-hydrogen) atoms. The summed E-state index contributed by atoms with van der Waals surface area (Å²) in [4.78, 5) is 0. The Morgan fingerprint density at radius 3 is 2.19 bits per heavy atom. The molecule has 1 heterocycles. The van der Waals surface area contributed by atoms with Crippen molar-refractivity contribution in [3.05, 3.63) is 35.7 Å². The molecule has 0 atom stereocenters. The standard InChI is InChI=1S/C11H12BNO3/c1-7-11(8(2)16-13-7)9-3-5-10(6-4-9)12(14)15/h3-6,14-15H,1-2H3. The normalized spacial score (nSPS) is 10.5. The van der Waals surface area contributed by atoms with Gasteiger partial charge < -0.3 is 14.6 Å². The predicted molar refractivity (Wildman–Crippen MR) is 61.2 cm³/mol. The Balaban J connectivity index is 2.42. The van der Waals surface area contributed by atoms with Crippen molar-refractivity contribution < 1.29 is 14.6 Å². The molecule has 0 aliphatic rings. The minimum atomic E-state index is -1.43. The van der Waals surface area contributed by atoms with Crippen LogP contribution in [0, 0.1) is 13.8 Å². The van der Waals surface area contributed by atoms with Gasteiger partial charge >= 0.3 is 7.12 Å². The third-order valence-corrected chi connectivity index (χ3v) is 2.53. The van der Waals surface area contributed by atoms with Gasteiger partial charge in [-0.2, -0.15) is 0 Å². The van der Waals surface area contributed by atoms with Crippen molar-refractivity contribution in [3.63, 3.8) is 0 Å². The average Bonchev–Trinajstić information content (AvgIpc) is 2.59. The van der Waals surface area contributed by atoms with E-state index in [9.17, 15) is 0 Å².